The summed E-state index contributed by atoms with van der Waals surface area (Å²) in [4.78, 5) is 17.3. The van der Waals surface area contributed by atoms with Crippen molar-refractivity contribution in [3.8, 4) is 33.9 Å². The minimum atomic E-state index is -0.112. The van der Waals surface area contributed by atoms with Gasteiger partial charge in [-0.3, -0.25) is 0 Å². The van der Waals surface area contributed by atoms with E-state index < -0.39 is 0 Å². The van der Waals surface area contributed by atoms with Gasteiger partial charge in [-0.1, -0.05) is 253 Å². The molecule has 0 radical (unpaired) electrons. The van der Waals surface area contributed by atoms with Crippen molar-refractivity contribution in [3.63, 3.8) is 0 Å². The van der Waals surface area contributed by atoms with E-state index in [1.807, 2.05) is 0 Å². The lowest BCUT2D eigenvalue weighted by molar-refractivity contribution is 0.444. The number of rotatable bonds is 7. The second-order valence-electron chi connectivity index (χ2n) is 37.9. The molecule has 7 aromatic carbocycles. The molecule has 0 bridgehead atoms. The van der Waals surface area contributed by atoms with Crippen LogP contribution in [0.4, 0.5) is 34.1 Å². The Labute approximate surface area is 576 Å². The first kappa shape index (κ1) is 68.2. The van der Waals surface area contributed by atoms with Gasteiger partial charge in [0, 0.05) is 50.8 Å². The van der Waals surface area contributed by atoms with E-state index in [9.17, 15) is 0 Å². The lowest BCUT2D eigenvalue weighted by atomic mass is 9.33. The highest BCUT2D eigenvalue weighted by atomic mass is 15.2. The summed E-state index contributed by atoms with van der Waals surface area (Å²) < 4.78 is 0. The number of benzene rings is 7. The molecule has 0 spiro atoms. The Bertz CT molecular complexity index is 3840. The molecule has 4 aliphatic rings. The number of anilines is 6. The van der Waals surface area contributed by atoms with E-state index in [0.29, 0.717) is 11.8 Å². The van der Waals surface area contributed by atoms with Gasteiger partial charge < -0.3 is 9.80 Å². The molecular formula is C90H115BN4. The lowest BCUT2D eigenvalue weighted by Gasteiger charge is -2.45. The van der Waals surface area contributed by atoms with Crippen molar-refractivity contribution >= 4 is 57.2 Å². The number of hydrogen-bond acceptors (Lipinski definition) is 4. The predicted molar refractivity (Wildman–Crippen MR) is 414 cm³/mol. The van der Waals surface area contributed by atoms with E-state index in [0.717, 1.165) is 33.9 Å². The van der Waals surface area contributed by atoms with E-state index in [2.05, 4.69) is 303 Å². The van der Waals surface area contributed by atoms with Crippen LogP contribution in [0.1, 0.15) is 298 Å². The molecule has 95 heavy (non-hydrogen) atoms. The number of nitrogens with zero attached hydrogens (tertiary/aromatic N) is 4. The first-order valence-electron chi connectivity index (χ1n) is 36.7. The van der Waals surface area contributed by atoms with Gasteiger partial charge in [0.05, 0.1) is 11.4 Å². The zero-order valence-electron chi connectivity index (χ0n) is 63.2. The minimum absolute atomic E-state index is 0.0390. The van der Waals surface area contributed by atoms with Gasteiger partial charge in [-0.25, -0.2) is 9.97 Å². The summed E-state index contributed by atoms with van der Waals surface area (Å²) in [5.41, 5.74) is 29.3. The van der Waals surface area contributed by atoms with Gasteiger partial charge >= 0.3 is 0 Å². The highest BCUT2D eigenvalue weighted by molar-refractivity contribution is 7.00. The molecular weight excluding hydrogens is 1150 g/mol. The van der Waals surface area contributed by atoms with Crippen molar-refractivity contribution in [2.24, 2.45) is 0 Å². The van der Waals surface area contributed by atoms with Crippen LogP contribution < -0.4 is 26.2 Å². The monoisotopic (exact) mass is 1260 g/mol. The van der Waals surface area contributed by atoms with E-state index >= 15 is 0 Å². The average molecular weight is 1260 g/mol. The second-order valence-corrected chi connectivity index (χ2v) is 37.9. The fourth-order valence-corrected chi connectivity index (χ4v) is 15.5. The summed E-state index contributed by atoms with van der Waals surface area (Å²) in [6.07, 6.45) is 12.8. The maximum atomic E-state index is 6.00. The van der Waals surface area contributed by atoms with Gasteiger partial charge in [-0.15, -0.1) is 0 Å². The molecule has 2 aliphatic carbocycles. The van der Waals surface area contributed by atoms with Gasteiger partial charge in [0.15, 0.2) is 5.82 Å². The zero-order valence-corrected chi connectivity index (χ0v) is 63.2. The highest BCUT2D eigenvalue weighted by Crippen LogP contribution is 2.51. The average Bonchev–Trinajstić information content (AvgIpc) is 0.693. The third kappa shape index (κ3) is 13.7. The molecule has 0 N–H and O–H groups in total. The fraction of sp³-hybridized carbons (Fsp3) is 0.489. The van der Waals surface area contributed by atoms with Crippen LogP contribution in [0.2, 0.25) is 0 Å². The van der Waals surface area contributed by atoms with Gasteiger partial charge in [0.1, 0.15) is 0 Å². The molecule has 0 amide bonds. The Morgan fingerprint density at radius 1 is 0.295 bits per heavy atom. The van der Waals surface area contributed by atoms with Crippen molar-refractivity contribution in [2.75, 3.05) is 9.80 Å². The van der Waals surface area contributed by atoms with E-state index in [-0.39, 0.29) is 50.0 Å². The van der Waals surface area contributed by atoms with Crippen molar-refractivity contribution in [3.05, 3.63) is 183 Å². The summed E-state index contributed by atoms with van der Waals surface area (Å²) in [5.74, 6) is 1.83. The highest BCUT2D eigenvalue weighted by Gasteiger charge is 2.46. The third-order valence-electron chi connectivity index (χ3n) is 22.0. The number of hydrogen-bond donors (Lipinski definition) is 0. The molecule has 2 aliphatic heterocycles. The molecule has 4 nitrogen and oxygen atoms in total. The van der Waals surface area contributed by atoms with Crippen LogP contribution in [0, 0.1) is 0 Å². The molecule has 2 fully saturated rings. The number of fused-ring (bicyclic) bond motifs is 4. The quantitative estimate of drug-likeness (QED) is 0.149. The Morgan fingerprint density at radius 3 is 0.884 bits per heavy atom. The third-order valence-corrected chi connectivity index (χ3v) is 22.0. The molecule has 3 heterocycles. The summed E-state index contributed by atoms with van der Waals surface area (Å²) in [6.45, 7) is 56.7. The largest absolute Gasteiger partial charge is 0.311 e. The fourth-order valence-electron chi connectivity index (χ4n) is 15.5. The Hall–Kier alpha value is -6.72. The lowest BCUT2D eigenvalue weighted by Crippen LogP contribution is -2.61. The molecule has 1 aromatic heterocycles. The summed E-state index contributed by atoms with van der Waals surface area (Å²) in [5, 5.41) is 0. The summed E-state index contributed by atoms with van der Waals surface area (Å²) in [7, 11) is 0. The first-order valence-corrected chi connectivity index (χ1v) is 36.7. The Balaban J connectivity index is 1.27. The van der Waals surface area contributed by atoms with E-state index in [1.165, 1.54) is 170 Å². The molecule has 8 aromatic rings. The molecule has 0 atom stereocenters. The van der Waals surface area contributed by atoms with Crippen LogP contribution in [-0.4, -0.2) is 16.7 Å². The molecule has 0 saturated heterocycles. The molecule has 498 valence electrons. The summed E-state index contributed by atoms with van der Waals surface area (Å²) in [6, 6.07) is 52.7. The van der Waals surface area contributed by atoms with Crippen LogP contribution in [0.15, 0.2) is 127 Å². The number of aromatic nitrogens is 2. The molecule has 2 saturated carbocycles. The Kier molecular flexibility index (Phi) is 17.3. The van der Waals surface area contributed by atoms with Crippen molar-refractivity contribution in [1.82, 2.24) is 9.97 Å². The Morgan fingerprint density at radius 2 is 0.579 bits per heavy atom. The maximum absolute atomic E-state index is 6.00. The first-order chi connectivity index (χ1) is 44.1. The second kappa shape index (κ2) is 24.1. The van der Waals surface area contributed by atoms with Crippen LogP contribution in [0.3, 0.4) is 0 Å². The molecule has 12 rings (SSSR count). The molecule has 0 unspecified atom stereocenters. The van der Waals surface area contributed by atoms with Gasteiger partial charge in [0.25, 0.3) is 6.71 Å². The van der Waals surface area contributed by atoms with E-state index in [1.54, 1.807) is 0 Å². The zero-order chi connectivity index (χ0) is 68.7. The SMILES string of the molecule is CC(C)(C)c1cc(-c2cc(-c3cc4c5c(c3)N(c3cc(C(C)(C)C)cc(C(C)(C)C)c3)c3ccc(C6CCCCC6)cc3B5c3cc(C5CCCCC5)ccc3N4c3cc(C(C)(C)C)cc(C(C)(C)C)c3)nc(-c3cc(C(C)(C)C)cc(C(C)(C)C)c3)n2)cc(C(C)(C)C)c1. The predicted octanol–water partition coefficient (Wildman–Crippen LogP) is 24.0. The van der Waals surface area contributed by atoms with Gasteiger partial charge in [0.2, 0.25) is 0 Å². The van der Waals surface area contributed by atoms with Crippen LogP contribution in [0.25, 0.3) is 33.9 Å². The van der Waals surface area contributed by atoms with Crippen molar-refractivity contribution in [2.45, 2.75) is 286 Å². The maximum Gasteiger partial charge on any atom is 0.252 e. The van der Waals surface area contributed by atoms with E-state index in [4.69, 9.17) is 9.97 Å². The van der Waals surface area contributed by atoms with Crippen molar-refractivity contribution in [1.29, 1.82) is 0 Å². The van der Waals surface area contributed by atoms with Gasteiger partial charge in [-0.2, -0.15) is 0 Å². The minimum Gasteiger partial charge on any atom is -0.311 e. The van der Waals surface area contributed by atoms with Crippen molar-refractivity contribution < 1.29 is 0 Å². The normalized spacial score (nSPS) is 16.3. The van der Waals surface area contributed by atoms with Gasteiger partial charge in [-0.05, 0) is 232 Å². The van der Waals surface area contributed by atoms with Crippen LogP contribution in [-0.2, 0) is 43.3 Å². The topological polar surface area (TPSA) is 32.3 Å². The molecule has 5 heteroatoms. The smallest absolute Gasteiger partial charge is 0.252 e. The summed E-state index contributed by atoms with van der Waals surface area (Å²) >= 11 is 0. The van der Waals surface area contributed by atoms with Crippen LogP contribution >= 0.6 is 0 Å². The standard InChI is InChI=1S/C90H115BN4/c1-83(2,3)63-39-60(40-64(47-63)84(4,5)6)75-55-76(93-82(92-75)62-41-65(85(7,8)9)48-66(42-62)86(10,11)12)61-45-79-81-80(46-61)95(72-53-69(89(19,20)21)50-70(54-72)90(22,23)24)78-38-36-59(57-33-29-26-30-34-57)44-74(78)91(81)73-43-58(56-31-27-25-28-32-56)35-37-77(73)94(79)71-51-67(87(13,14)15)49-68(52-71)88(16,17)18/h35-57H,25-34H2,1-24H3. The van der Waals surface area contributed by atoms with Crippen LogP contribution in [0.5, 0.6) is 0 Å².